The molecule has 0 amide bonds. The van der Waals surface area contributed by atoms with Gasteiger partial charge in [0, 0.05) is 24.6 Å². The third kappa shape index (κ3) is 3.58. The number of aliphatic carboxylic acids is 1. The van der Waals surface area contributed by atoms with Gasteiger partial charge < -0.3 is 15.0 Å². The van der Waals surface area contributed by atoms with E-state index in [0.717, 1.165) is 17.8 Å². The Balaban J connectivity index is 2.08. The highest BCUT2D eigenvalue weighted by Crippen LogP contribution is 2.14. The predicted octanol–water partition coefficient (Wildman–Crippen LogP) is 2.21. The summed E-state index contributed by atoms with van der Waals surface area (Å²) in [4.78, 5) is 15.0. The lowest BCUT2D eigenvalue weighted by atomic mass is 10.1. The lowest BCUT2D eigenvalue weighted by Gasteiger charge is -2.14. The van der Waals surface area contributed by atoms with Crippen LogP contribution in [0.4, 0.5) is 5.69 Å². The van der Waals surface area contributed by atoms with Crippen molar-refractivity contribution in [3.8, 4) is 0 Å². The second kappa shape index (κ2) is 6.04. The van der Waals surface area contributed by atoms with E-state index in [9.17, 15) is 4.79 Å². The van der Waals surface area contributed by atoms with Gasteiger partial charge in [0.2, 0.25) is 0 Å². The van der Waals surface area contributed by atoms with Gasteiger partial charge in [-0.2, -0.15) is 0 Å². The molecule has 2 N–H and O–H groups in total. The largest absolute Gasteiger partial charge is 0.480 e. The molecule has 5 nitrogen and oxygen atoms in total. The fourth-order valence-electron chi connectivity index (χ4n) is 1.89. The quantitative estimate of drug-likeness (QED) is 0.834. The average Bonchev–Trinajstić information content (AvgIpc) is 2.89. The molecular formula is C14H17N3O2. The van der Waals surface area contributed by atoms with E-state index >= 15 is 0 Å². The minimum absolute atomic E-state index is 0.543. The van der Waals surface area contributed by atoms with Crippen molar-refractivity contribution >= 4 is 11.7 Å². The van der Waals surface area contributed by atoms with Crippen molar-refractivity contribution in [1.82, 2.24) is 9.55 Å². The zero-order valence-corrected chi connectivity index (χ0v) is 10.8. The number of carboxylic acid groups (broad SMARTS) is 1. The summed E-state index contributed by atoms with van der Waals surface area (Å²) in [6, 6.07) is 7.22. The molecule has 5 heteroatoms. The van der Waals surface area contributed by atoms with E-state index in [-0.39, 0.29) is 0 Å². The fraction of sp³-hybridized carbons (Fsp3) is 0.286. The average molecular weight is 259 g/mol. The highest BCUT2D eigenvalue weighted by atomic mass is 16.4. The molecule has 2 rings (SSSR count). The van der Waals surface area contributed by atoms with Crippen molar-refractivity contribution < 1.29 is 9.90 Å². The Labute approximate surface area is 111 Å². The number of nitrogens with zero attached hydrogens (tertiary/aromatic N) is 2. The van der Waals surface area contributed by atoms with E-state index in [1.165, 1.54) is 0 Å². The molecule has 0 aliphatic carbocycles. The minimum Gasteiger partial charge on any atom is -0.480 e. The van der Waals surface area contributed by atoms with Gasteiger partial charge in [-0.1, -0.05) is 19.1 Å². The first kappa shape index (κ1) is 13.1. The molecule has 1 aromatic heterocycles. The number of anilines is 1. The molecule has 0 bridgehead atoms. The normalized spacial score (nSPS) is 12.1. The summed E-state index contributed by atoms with van der Waals surface area (Å²) < 4.78 is 1.97. The number of aromatic nitrogens is 2. The zero-order valence-electron chi connectivity index (χ0n) is 10.8. The zero-order chi connectivity index (χ0) is 13.7. The van der Waals surface area contributed by atoms with Gasteiger partial charge in [0.1, 0.15) is 6.04 Å². The maximum Gasteiger partial charge on any atom is 0.326 e. The summed E-state index contributed by atoms with van der Waals surface area (Å²) in [6.45, 7) is 2.57. The van der Waals surface area contributed by atoms with Crippen LogP contribution in [-0.4, -0.2) is 26.7 Å². The third-order valence-electron chi connectivity index (χ3n) is 2.90. The number of rotatable bonds is 6. The monoisotopic (exact) mass is 259 g/mol. The first-order chi connectivity index (χ1) is 9.19. The van der Waals surface area contributed by atoms with Gasteiger partial charge in [0.15, 0.2) is 0 Å². The lowest BCUT2D eigenvalue weighted by molar-refractivity contribution is -0.137. The molecule has 100 valence electrons. The van der Waals surface area contributed by atoms with E-state index in [0.29, 0.717) is 6.42 Å². The van der Waals surface area contributed by atoms with Gasteiger partial charge in [0.25, 0.3) is 0 Å². The van der Waals surface area contributed by atoms with Gasteiger partial charge in [-0.05, 0) is 24.1 Å². The summed E-state index contributed by atoms with van der Waals surface area (Å²) in [7, 11) is 0. The molecule has 0 aliphatic heterocycles. The van der Waals surface area contributed by atoms with Gasteiger partial charge in [-0.15, -0.1) is 0 Å². The van der Waals surface area contributed by atoms with Crippen molar-refractivity contribution in [3.05, 3.63) is 48.5 Å². The molecule has 0 saturated carbocycles. The van der Waals surface area contributed by atoms with Crippen LogP contribution in [0.25, 0.3) is 0 Å². The molecule has 0 aliphatic rings. The van der Waals surface area contributed by atoms with Crippen LogP contribution in [0, 0.1) is 0 Å². The number of imidazole rings is 1. The Kier molecular flexibility index (Phi) is 4.18. The van der Waals surface area contributed by atoms with Crippen molar-refractivity contribution in [3.63, 3.8) is 0 Å². The molecule has 0 radical (unpaired) electrons. The second-order valence-electron chi connectivity index (χ2n) is 4.38. The van der Waals surface area contributed by atoms with E-state index < -0.39 is 12.0 Å². The Hall–Kier alpha value is -2.30. The van der Waals surface area contributed by atoms with E-state index in [4.69, 9.17) is 5.11 Å². The second-order valence-corrected chi connectivity index (χ2v) is 4.38. The highest BCUT2D eigenvalue weighted by Gasteiger charge is 2.14. The highest BCUT2D eigenvalue weighted by molar-refractivity contribution is 5.77. The maximum absolute atomic E-state index is 11.0. The molecule has 1 aromatic carbocycles. The SMILES string of the molecule is CCC(Nc1cccc(Cn2ccnc2)c1)C(=O)O. The number of carbonyl (C=O) groups is 1. The van der Waals surface area contributed by atoms with E-state index in [2.05, 4.69) is 10.3 Å². The summed E-state index contributed by atoms with van der Waals surface area (Å²) in [5, 5.41) is 12.1. The summed E-state index contributed by atoms with van der Waals surface area (Å²) in [5.74, 6) is -0.831. The lowest BCUT2D eigenvalue weighted by Crippen LogP contribution is -2.28. The standard InChI is InChI=1S/C14H17N3O2/c1-2-13(14(18)19)16-12-5-3-4-11(8-12)9-17-7-6-15-10-17/h3-8,10,13,16H,2,9H2,1H3,(H,18,19). The molecule has 1 unspecified atom stereocenters. The Morgan fingerprint density at radius 3 is 3.00 bits per heavy atom. The number of hydrogen-bond acceptors (Lipinski definition) is 3. The van der Waals surface area contributed by atoms with Crippen LogP contribution in [0.15, 0.2) is 43.0 Å². The molecule has 0 spiro atoms. The Morgan fingerprint density at radius 1 is 1.53 bits per heavy atom. The summed E-state index contributed by atoms with van der Waals surface area (Å²) in [6.07, 6.45) is 5.93. The molecule has 19 heavy (non-hydrogen) atoms. The van der Waals surface area contributed by atoms with Crippen LogP contribution in [0.5, 0.6) is 0 Å². The van der Waals surface area contributed by atoms with Crippen LogP contribution < -0.4 is 5.32 Å². The first-order valence-corrected chi connectivity index (χ1v) is 6.23. The number of carboxylic acids is 1. The molecule has 2 aromatic rings. The smallest absolute Gasteiger partial charge is 0.326 e. The van der Waals surface area contributed by atoms with Gasteiger partial charge >= 0.3 is 5.97 Å². The van der Waals surface area contributed by atoms with Crippen LogP contribution in [-0.2, 0) is 11.3 Å². The number of benzene rings is 1. The summed E-state index contributed by atoms with van der Waals surface area (Å²) in [5.41, 5.74) is 1.93. The minimum atomic E-state index is -0.831. The Morgan fingerprint density at radius 2 is 2.37 bits per heavy atom. The summed E-state index contributed by atoms with van der Waals surface area (Å²) >= 11 is 0. The molecular weight excluding hydrogens is 242 g/mol. The van der Waals surface area contributed by atoms with Crippen molar-refractivity contribution in [2.75, 3.05) is 5.32 Å². The van der Waals surface area contributed by atoms with E-state index in [1.54, 1.807) is 12.5 Å². The van der Waals surface area contributed by atoms with Crippen molar-refractivity contribution in [1.29, 1.82) is 0 Å². The van der Waals surface area contributed by atoms with Crippen molar-refractivity contribution in [2.45, 2.75) is 25.9 Å². The van der Waals surface area contributed by atoms with Crippen LogP contribution in [0.3, 0.4) is 0 Å². The Bertz CT molecular complexity index is 537. The molecule has 0 fully saturated rings. The topological polar surface area (TPSA) is 67.2 Å². The van der Waals surface area contributed by atoms with Crippen molar-refractivity contribution in [2.24, 2.45) is 0 Å². The molecule has 0 saturated heterocycles. The van der Waals surface area contributed by atoms with Gasteiger partial charge in [0.05, 0.1) is 6.33 Å². The number of hydrogen-bond donors (Lipinski definition) is 2. The third-order valence-corrected chi connectivity index (χ3v) is 2.90. The van der Waals surface area contributed by atoms with Crippen LogP contribution >= 0.6 is 0 Å². The van der Waals surface area contributed by atoms with Crippen LogP contribution in [0.1, 0.15) is 18.9 Å². The van der Waals surface area contributed by atoms with Crippen LogP contribution in [0.2, 0.25) is 0 Å². The fourth-order valence-corrected chi connectivity index (χ4v) is 1.89. The predicted molar refractivity (Wildman–Crippen MR) is 73.1 cm³/mol. The molecule has 1 heterocycles. The maximum atomic E-state index is 11.0. The van der Waals surface area contributed by atoms with Gasteiger partial charge in [-0.3, -0.25) is 0 Å². The van der Waals surface area contributed by atoms with E-state index in [1.807, 2.05) is 42.0 Å². The first-order valence-electron chi connectivity index (χ1n) is 6.23. The number of nitrogens with one attached hydrogen (secondary N) is 1. The molecule has 1 atom stereocenters. The van der Waals surface area contributed by atoms with Gasteiger partial charge in [-0.25, -0.2) is 9.78 Å².